The van der Waals surface area contributed by atoms with Gasteiger partial charge in [0.2, 0.25) is 0 Å². The van der Waals surface area contributed by atoms with E-state index in [0.717, 1.165) is 23.8 Å². The van der Waals surface area contributed by atoms with Gasteiger partial charge in [-0.15, -0.1) is 0 Å². The van der Waals surface area contributed by atoms with Gasteiger partial charge in [0.25, 0.3) is 0 Å². The minimum atomic E-state index is -0.156. The zero-order chi connectivity index (χ0) is 13.6. The standard InChI is InChI=1S/C14H14Cl2N2S/c1-14(2,10-4-3-9(15)7-11(10)16)12-8-19-13-17-5-6-18(12)13/h3-4,7-8H,5-6H2,1-2H3. The zero-order valence-electron chi connectivity index (χ0n) is 10.8. The number of hydrogen-bond donors (Lipinski definition) is 0. The quantitative estimate of drug-likeness (QED) is 0.797. The average molecular weight is 313 g/mol. The first-order valence-electron chi connectivity index (χ1n) is 6.15. The summed E-state index contributed by atoms with van der Waals surface area (Å²) in [4.78, 5) is 6.78. The van der Waals surface area contributed by atoms with Crippen LogP contribution in [0.15, 0.2) is 34.3 Å². The Hall–Kier alpha value is -0.640. The van der Waals surface area contributed by atoms with Crippen LogP contribution in [0.25, 0.3) is 0 Å². The summed E-state index contributed by atoms with van der Waals surface area (Å²) in [5, 5.41) is 4.67. The first kappa shape index (κ1) is 13.3. The lowest BCUT2D eigenvalue weighted by molar-refractivity contribution is 0.451. The number of rotatable bonds is 2. The van der Waals surface area contributed by atoms with Gasteiger partial charge in [-0.05, 0) is 23.1 Å². The molecule has 5 heteroatoms. The van der Waals surface area contributed by atoms with Gasteiger partial charge in [-0.3, -0.25) is 4.99 Å². The molecule has 0 amide bonds. The van der Waals surface area contributed by atoms with E-state index in [4.69, 9.17) is 23.2 Å². The lowest BCUT2D eigenvalue weighted by Crippen LogP contribution is -2.33. The van der Waals surface area contributed by atoms with Gasteiger partial charge in [-0.2, -0.15) is 0 Å². The van der Waals surface area contributed by atoms with Crippen LogP contribution in [0.4, 0.5) is 0 Å². The minimum Gasteiger partial charge on any atom is -0.321 e. The molecule has 0 spiro atoms. The third-order valence-electron chi connectivity index (χ3n) is 3.61. The second-order valence-corrected chi connectivity index (χ2v) is 6.87. The number of thioether (sulfide) groups is 1. The van der Waals surface area contributed by atoms with Crippen molar-refractivity contribution in [3.05, 3.63) is 44.9 Å². The van der Waals surface area contributed by atoms with E-state index >= 15 is 0 Å². The summed E-state index contributed by atoms with van der Waals surface area (Å²) < 4.78 is 0. The van der Waals surface area contributed by atoms with Gasteiger partial charge >= 0.3 is 0 Å². The van der Waals surface area contributed by atoms with Crippen LogP contribution in [-0.2, 0) is 5.41 Å². The molecular formula is C14H14Cl2N2S. The highest BCUT2D eigenvalue weighted by Crippen LogP contribution is 2.44. The molecule has 0 unspecified atom stereocenters. The van der Waals surface area contributed by atoms with E-state index in [0.29, 0.717) is 10.0 Å². The van der Waals surface area contributed by atoms with Crippen LogP contribution in [0.5, 0.6) is 0 Å². The first-order chi connectivity index (χ1) is 9.00. The number of halogens is 2. The van der Waals surface area contributed by atoms with Crippen molar-refractivity contribution in [3.8, 4) is 0 Å². The molecule has 100 valence electrons. The van der Waals surface area contributed by atoms with Gasteiger partial charge in [-0.25, -0.2) is 0 Å². The second-order valence-electron chi connectivity index (χ2n) is 5.19. The van der Waals surface area contributed by atoms with E-state index in [2.05, 4.69) is 29.1 Å². The molecule has 2 nitrogen and oxygen atoms in total. The second kappa shape index (κ2) is 4.72. The predicted octanol–water partition coefficient (Wildman–Crippen LogP) is 4.53. The largest absolute Gasteiger partial charge is 0.321 e. The lowest BCUT2D eigenvalue weighted by Gasteiger charge is -2.32. The molecule has 1 aromatic rings. The molecule has 0 aliphatic carbocycles. The summed E-state index contributed by atoms with van der Waals surface area (Å²) in [6.07, 6.45) is 0. The number of allylic oxidation sites excluding steroid dienone is 1. The van der Waals surface area contributed by atoms with Crippen LogP contribution in [0.2, 0.25) is 10.0 Å². The molecule has 19 heavy (non-hydrogen) atoms. The van der Waals surface area contributed by atoms with Crippen molar-refractivity contribution in [2.45, 2.75) is 19.3 Å². The van der Waals surface area contributed by atoms with Crippen molar-refractivity contribution < 1.29 is 0 Å². The number of aliphatic imine (C=N–C) groups is 1. The Morgan fingerprint density at radius 1 is 1.32 bits per heavy atom. The fourth-order valence-electron chi connectivity index (χ4n) is 2.54. The Morgan fingerprint density at radius 2 is 2.11 bits per heavy atom. The highest BCUT2D eigenvalue weighted by molar-refractivity contribution is 8.16. The van der Waals surface area contributed by atoms with Crippen LogP contribution < -0.4 is 0 Å². The highest BCUT2D eigenvalue weighted by atomic mass is 35.5. The van der Waals surface area contributed by atoms with Gasteiger partial charge in [0.15, 0.2) is 5.17 Å². The van der Waals surface area contributed by atoms with E-state index in [1.54, 1.807) is 11.8 Å². The summed E-state index contributed by atoms with van der Waals surface area (Å²) in [5.41, 5.74) is 2.20. The summed E-state index contributed by atoms with van der Waals surface area (Å²) in [6, 6.07) is 5.72. The molecule has 0 aromatic heterocycles. The van der Waals surface area contributed by atoms with Crippen molar-refractivity contribution in [2.24, 2.45) is 4.99 Å². The van der Waals surface area contributed by atoms with E-state index in [9.17, 15) is 0 Å². The van der Waals surface area contributed by atoms with Crippen LogP contribution >= 0.6 is 35.0 Å². The molecular weight excluding hydrogens is 299 g/mol. The van der Waals surface area contributed by atoms with Crippen molar-refractivity contribution >= 4 is 40.1 Å². The molecule has 2 aliphatic heterocycles. The van der Waals surface area contributed by atoms with E-state index < -0.39 is 0 Å². The monoisotopic (exact) mass is 312 g/mol. The SMILES string of the molecule is CC(C)(C1=CSC2=NCCN12)c1ccc(Cl)cc1Cl. The average Bonchev–Trinajstić information content (AvgIpc) is 2.88. The number of amidine groups is 1. The molecule has 0 bridgehead atoms. The molecule has 0 N–H and O–H groups in total. The smallest absolute Gasteiger partial charge is 0.167 e. The van der Waals surface area contributed by atoms with E-state index in [-0.39, 0.29) is 5.41 Å². The van der Waals surface area contributed by atoms with Crippen LogP contribution in [0.1, 0.15) is 19.4 Å². The van der Waals surface area contributed by atoms with Gasteiger partial charge in [0.1, 0.15) is 0 Å². The highest BCUT2D eigenvalue weighted by Gasteiger charge is 2.37. The number of benzene rings is 1. The molecule has 2 aliphatic rings. The fraction of sp³-hybridized carbons (Fsp3) is 0.357. The Balaban J connectivity index is 2.01. The predicted molar refractivity (Wildman–Crippen MR) is 84.2 cm³/mol. The Bertz CT molecular complexity index is 593. The topological polar surface area (TPSA) is 15.6 Å². The minimum absolute atomic E-state index is 0.156. The molecule has 0 saturated heterocycles. The zero-order valence-corrected chi connectivity index (χ0v) is 13.1. The normalized spacial score (nSPS) is 18.4. The summed E-state index contributed by atoms with van der Waals surface area (Å²) >= 11 is 14.0. The maximum absolute atomic E-state index is 6.37. The van der Waals surface area contributed by atoms with Crippen molar-refractivity contribution in [1.82, 2.24) is 4.90 Å². The van der Waals surface area contributed by atoms with Crippen molar-refractivity contribution in [3.63, 3.8) is 0 Å². The molecule has 1 aromatic carbocycles. The molecule has 0 fully saturated rings. The van der Waals surface area contributed by atoms with Crippen molar-refractivity contribution in [1.29, 1.82) is 0 Å². The Morgan fingerprint density at radius 3 is 2.84 bits per heavy atom. The molecule has 2 heterocycles. The van der Waals surface area contributed by atoms with Gasteiger partial charge in [0.05, 0.1) is 6.54 Å². The molecule has 0 radical (unpaired) electrons. The molecule has 0 atom stereocenters. The third kappa shape index (κ3) is 2.18. The van der Waals surface area contributed by atoms with Crippen LogP contribution in [0, 0.1) is 0 Å². The fourth-order valence-corrected chi connectivity index (χ4v) is 4.31. The van der Waals surface area contributed by atoms with E-state index in [1.807, 2.05) is 18.2 Å². The third-order valence-corrected chi connectivity index (χ3v) is 5.06. The molecule has 3 rings (SSSR count). The van der Waals surface area contributed by atoms with Crippen molar-refractivity contribution in [2.75, 3.05) is 13.1 Å². The van der Waals surface area contributed by atoms with Gasteiger partial charge < -0.3 is 4.90 Å². The Labute approximate surface area is 127 Å². The maximum Gasteiger partial charge on any atom is 0.167 e. The summed E-state index contributed by atoms with van der Waals surface area (Å²) in [7, 11) is 0. The maximum atomic E-state index is 6.37. The molecule has 0 saturated carbocycles. The van der Waals surface area contributed by atoms with Crippen LogP contribution in [0.3, 0.4) is 0 Å². The van der Waals surface area contributed by atoms with Crippen LogP contribution in [-0.4, -0.2) is 23.2 Å². The van der Waals surface area contributed by atoms with Gasteiger partial charge in [-0.1, -0.05) is 54.9 Å². The van der Waals surface area contributed by atoms with Gasteiger partial charge in [0, 0.05) is 27.7 Å². The summed E-state index contributed by atoms with van der Waals surface area (Å²) in [5.74, 6) is 0. The van der Waals surface area contributed by atoms with E-state index in [1.165, 1.54) is 5.70 Å². The first-order valence-corrected chi connectivity index (χ1v) is 7.78. The number of hydrogen-bond acceptors (Lipinski definition) is 3. The number of nitrogens with zero attached hydrogens (tertiary/aromatic N) is 2. The Kier molecular flexibility index (Phi) is 3.32. The number of fused-ring (bicyclic) bond motifs is 1. The lowest BCUT2D eigenvalue weighted by atomic mass is 9.81. The summed E-state index contributed by atoms with van der Waals surface area (Å²) in [6.45, 7) is 6.22.